The molecule has 0 atom stereocenters. The molecule has 0 bridgehead atoms. The first-order valence-electron chi connectivity index (χ1n) is 1.99. The molecule has 0 saturated carbocycles. The summed E-state index contributed by atoms with van der Waals surface area (Å²) >= 11 is 0. The number of hydrogen-bond donors (Lipinski definition) is 2. The average molecular weight is 112 g/mol. The molecule has 0 aliphatic rings. The summed E-state index contributed by atoms with van der Waals surface area (Å²) in [7, 11) is 0. The summed E-state index contributed by atoms with van der Waals surface area (Å²) in [5.41, 5.74) is 9.76. The molecule has 0 amide bonds. The summed E-state index contributed by atoms with van der Waals surface area (Å²) < 4.78 is 0. The SMILES string of the molecule is C=C(N)C(=O)C(=C)N. The molecule has 0 saturated heterocycles. The molecule has 4 N–H and O–H groups in total. The van der Waals surface area contributed by atoms with Crippen molar-refractivity contribution in [3.8, 4) is 0 Å². The molecule has 0 unspecified atom stereocenters. The van der Waals surface area contributed by atoms with Crippen molar-refractivity contribution in [2.75, 3.05) is 0 Å². The van der Waals surface area contributed by atoms with E-state index in [1.165, 1.54) is 0 Å². The molecule has 0 rings (SSSR count). The van der Waals surface area contributed by atoms with Gasteiger partial charge in [-0.3, -0.25) is 4.79 Å². The number of carbonyl (C=O) groups excluding carboxylic acids is 1. The van der Waals surface area contributed by atoms with Crippen LogP contribution in [0.4, 0.5) is 0 Å². The van der Waals surface area contributed by atoms with Gasteiger partial charge in [-0.1, -0.05) is 13.2 Å². The van der Waals surface area contributed by atoms with E-state index in [4.69, 9.17) is 11.5 Å². The second-order valence-electron chi connectivity index (χ2n) is 1.38. The summed E-state index contributed by atoms with van der Waals surface area (Å²) in [6, 6.07) is 0. The van der Waals surface area contributed by atoms with Crippen molar-refractivity contribution in [3.05, 3.63) is 24.6 Å². The monoisotopic (exact) mass is 112 g/mol. The van der Waals surface area contributed by atoms with E-state index >= 15 is 0 Å². The molecule has 0 fully saturated rings. The molecular weight excluding hydrogens is 104 g/mol. The Kier molecular flexibility index (Phi) is 1.82. The molecule has 0 aromatic carbocycles. The maximum Gasteiger partial charge on any atom is 0.222 e. The van der Waals surface area contributed by atoms with Crippen molar-refractivity contribution < 1.29 is 4.79 Å². The second-order valence-corrected chi connectivity index (χ2v) is 1.38. The van der Waals surface area contributed by atoms with Crippen molar-refractivity contribution >= 4 is 5.78 Å². The lowest BCUT2D eigenvalue weighted by Gasteiger charge is -1.93. The summed E-state index contributed by atoms with van der Waals surface area (Å²) in [5.74, 6) is -0.481. The van der Waals surface area contributed by atoms with Gasteiger partial charge in [0.2, 0.25) is 5.78 Å². The van der Waals surface area contributed by atoms with Crippen LogP contribution in [-0.2, 0) is 4.79 Å². The van der Waals surface area contributed by atoms with Crippen LogP contribution in [-0.4, -0.2) is 5.78 Å². The number of carbonyl (C=O) groups is 1. The Morgan fingerprint density at radius 1 is 1.12 bits per heavy atom. The largest absolute Gasteiger partial charge is 0.396 e. The zero-order valence-corrected chi connectivity index (χ0v) is 4.48. The van der Waals surface area contributed by atoms with E-state index in [0.29, 0.717) is 0 Å². The van der Waals surface area contributed by atoms with Crippen LogP contribution in [0, 0.1) is 0 Å². The fourth-order valence-corrected chi connectivity index (χ4v) is 0.206. The molecular formula is C5H8N2O. The number of nitrogens with two attached hydrogens (primary N) is 2. The van der Waals surface area contributed by atoms with E-state index in [-0.39, 0.29) is 11.4 Å². The highest BCUT2D eigenvalue weighted by atomic mass is 16.1. The first-order chi connectivity index (χ1) is 3.55. The van der Waals surface area contributed by atoms with Crippen LogP contribution < -0.4 is 11.5 Å². The summed E-state index contributed by atoms with van der Waals surface area (Å²) in [6.07, 6.45) is 0. The fourth-order valence-electron chi connectivity index (χ4n) is 0.206. The third-order valence-corrected chi connectivity index (χ3v) is 0.583. The number of ketones is 1. The van der Waals surface area contributed by atoms with E-state index in [1.54, 1.807) is 0 Å². The van der Waals surface area contributed by atoms with Gasteiger partial charge in [-0.05, 0) is 0 Å². The maximum atomic E-state index is 10.4. The molecule has 0 heterocycles. The average Bonchev–Trinajstić information content (AvgIpc) is 1.64. The first kappa shape index (κ1) is 6.75. The van der Waals surface area contributed by atoms with Gasteiger partial charge in [-0.2, -0.15) is 0 Å². The Balaban J connectivity index is 4.05. The highest BCUT2D eigenvalue weighted by Gasteiger charge is 2.01. The van der Waals surface area contributed by atoms with E-state index in [9.17, 15) is 4.79 Å². The summed E-state index contributed by atoms with van der Waals surface area (Å²) in [4.78, 5) is 10.4. The number of hydrogen-bond acceptors (Lipinski definition) is 3. The lowest BCUT2D eigenvalue weighted by atomic mass is 10.3. The molecule has 0 aliphatic carbocycles. The zero-order chi connectivity index (χ0) is 6.73. The smallest absolute Gasteiger partial charge is 0.222 e. The normalized spacial score (nSPS) is 8.00. The molecule has 0 aliphatic heterocycles. The van der Waals surface area contributed by atoms with Crippen LogP contribution in [0.5, 0.6) is 0 Å². The Hall–Kier alpha value is -1.25. The molecule has 0 aromatic heterocycles. The van der Waals surface area contributed by atoms with Crippen LogP contribution in [0.1, 0.15) is 0 Å². The quantitative estimate of drug-likeness (QED) is 0.473. The standard InChI is InChI=1S/C5H8N2O/c1-3(6)5(8)4(2)7/h1-2,6-7H2. The van der Waals surface area contributed by atoms with Gasteiger partial charge in [0.15, 0.2) is 0 Å². The van der Waals surface area contributed by atoms with Crippen LogP contribution in [0.25, 0.3) is 0 Å². The third kappa shape index (κ3) is 1.47. The van der Waals surface area contributed by atoms with Gasteiger partial charge in [0.1, 0.15) is 0 Å². The molecule has 0 radical (unpaired) electrons. The van der Waals surface area contributed by atoms with Gasteiger partial charge in [0, 0.05) is 0 Å². The Morgan fingerprint density at radius 2 is 1.38 bits per heavy atom. The van der Waals surface area contributed by atoms with E-state index in [1.807, 2.05) is 0 Å². The lowest BCUT2D eigenvalue weighted by molar-refractivity contribution is -0.112. The van der Waals surface area contributed by atoms with Gasteiger partial charge in [-0.25, -0.2) is 0 Å². The maximum absolute atomic E-state index is 10.4. The zero-order valence-electron chi connectivity index (χ0n) is 4.48. The highest BCUT2D eigenvalue weighted by Crippen LogP contribution is 1.86. The van der Waals surface area contributed by atoms with Gasteiger partial charge < -0.3 is 11.5 Å². The number of Topliss-reactive ketones (excluding diaryl/α,β-unsaturated/α-hetero) is 1. The van der Waals surface area contributed by atoms with Gasteiger partial charge in [0.05, 0.1) is 11.4 Å². The Morgan fingerprint density at radius 3 is 1.38 bits per heavy atom. The second kappa shape index (κ2) is 2.16. The summed E-state index contributed by atoms with van der Waals surface area (Å²) in [5, 5.41) is 0. The molecule has 3 nitrogen and oxygen atoms in total. The summed E-state index contributed by atoms with van der Waals surface area (Å²) in [6.45, 7) is 6.33. The minimum Gasteiger partial charge on any atom is -0.396 e. The van der Waals surface area contributed by atoms with Gasteiger partial charge in [-0.15, -0.1) is 0 Å². The third-order valence-electron chi connectivity index (χ3n) is 0.583. The minimum atomic E-state index is -0.481. The molecule has 0 spiro atoms. The van der Waals surface area contributed by atoms with Crippen LogP contribution in [0.2, 0.25) is 0 Å². The predicted octanol–water partition coefficient (Wildman–Crippen LogP) is -0.500. The molecule has 0 aromatic rings. The topological polar surface area (TPSA) is 69.1 Å². The van der Waals surface area contributed by atoms with Crippen molar-refractivity contribution in [2.45, 2.75) is 0 Å². The molecule has 44 valence electrons. The highest BCUT2D eigenvalue weighted by molar-refractivity contribution is 6.05. The minimum absolute atomic E-state index is 0.0718. The first-order valence-corrected chi connectivity index (χ1v) is 1.99. The van der Waals surface area contributed by atoms with E-state index in [0.717, 1.165) is 0 Å². The Bertz CT molecular complexity index is 133. The predicted molar refractivity (Wildman–Crippen MR) is 31.7 cm³/mol. The number of rotatable bonds is 2. The molecule has 8 heavy (non-hydrogen) atoms. The van der Waals surface area contributed by atoms with E-state index in [2.05, 4.69) is 13.2 Å². The van der Waals surface area contributed by atoms with Crippen molar-refractivity contribution in [1.29, 1.82) is 0 Å². The fraction of sp³-hybridized carbons (Fsp3) is 0. The van der Waals surface area contributed by atoms with Gasteiger partial charge in [0.25, 0.3) is 0 Å². The van der Waals surface area contributed by atoms with Crippen molar-refractivity contribution in [3.63, 3.8) is 0 Å². The van der Waals surface area contributed by atoms with Crippen LogP contribution in [0.15, 0.2) is 24.6 Å². The van der Waals surface area contributed by atoms with Crippen molar-refractivity contribution in [1.82, 2.24) is 0 Å². The van der Waals surface area contributed by atoms with E-state index < -0.39 is 5.78 Å². The van der Waals surface area contributed by atoms with Crippen molar-refractivity contribution in [2.24, 2.45) is 11.5 Å². The van der Waals surface area contributed by atoms with Crippen LogP contribution >= 0.6 is 0 Å². The Labute approximate surface area is 47.7 Å². The molecule has 3 heteroatoms. The lowest BCUT2D eigenvalue weighted by Crippen LogP contribution is -2.16. The van der Waals surface area contributed by atoms with Gasteiger partial charge >= 0.3 is 0 Å². The van der Waals surface area contributed by atoms with Crippen LogP contribution in [0.3, 0.4) is 0 Å².